The molecule has 0 saturated carbocycles. The number of rotatable bonds is 5. The monoisotopic (exact) mass is 213 g/mol. The first-order valence-corrected chi connectivity index (χ1v) is 4.64. The van der Waals surface area contributed by atoms with Gasteiger partial charge in [0, 0.05) is 12.1 Å². The summed E-state index contributed by atoms with van der Waals surface area (Å²) < 4.78 is 17.9. The van der Waals surface area contributed by atoms with E-state index in [0.29, 0.717) is 12.2 Å². The Balaban J connectivity index is 2.53. The number of nitro groups is 1. The van der Waals surface area contributed by atoms with Crippen molar-refractivity contribution in [3.8, 4) is 5.75 Å². The van der Waals surface area contributed by atoms with Crippen LogP contribution in [0.2, 0.25) is 0 Å². The SMILES string of the molecule is CC[C@H](F)COc1ccc([N+](=O)[O-])cc1. The fourth-order valence-electron chi connectivity index (χ4n) is 0.969. The highest BCUT2D eigenvalue weighted by molar-refractivity contribution is 5.35. The topological polar surface area (TPSA) is 52.4 Å². The van der Waals surface area contributed by atoms with Gasteiger partial charge in [0.1, 0.15) is 18.5 Å². The van der Waals surface area contributed by atoms with Crippen molar-refractivity contribution in [3.05, 3.63) is 34.4 Å². The quantitative estimate of drug-likeness (QED) is 0.558. The Morgan fingerprint density at radius 3 is 2.53 bits per heavy atom. The van der Waals surface area contributed by atoms with Crippen molar-refractivity contribution in [1.29, 1.82) is 0 Å². The van der Waals surface area contributed by atoms with Crippen molar-refractivity contribution in [1.82, 2.24) is 0 Å². The van der Waals surface area contributed by atoms with Crippen LogP contribution in [0.5, 0.6) is 5.75 Å². The van der Waals surface area contributed by atoms with Gasteiger partial charge >= 0.3 is 0 Å². The van der Waals surface area contributed by atoms with Crippen LogP contribution >= 0.6 is 0 Å². The summed E-state index contributed by atoms with van der Waals surface area (Å²) in [6.45, 7) is 1.71. The molecule has 0 aliphatic rings. The number of ether oxygens (including phenoxy) is 1. The highest BCUT2D eigenvalue weighted by atomic mass is 19.1. The van der Waals surface area contributed by atoms with Gasteiger partial charge in [-0.15, -0.1) is 0 Å². The molecule has 0 radical (unpaired) electrons. The Labute approximate surface area is 86.8 Å². The number of benzene rings is 1. The van der Waals surface area contributed by atoms with Crippen molar-refractivity contribution < 1.29 is 14.1 Å². The molecular formula is C10H12FNO3. The van der Waals surface area contributed by atoms with Gasteiger partial charge in [0.15, 0.2) is 0 Å². The molecule has 0 N–H and O–H groups in total. The summed E-state index contributed by atoms with van der Waals surface area (Å²) in [7, 11) is 0. The highest BCUT2D eigenvalue weighted by Crippen LogP contribution is 2.17. The molecule has 0 fully saturated rings. The summed E-state index contributed by atoms with van der Waals surface area (Å²) in [6, 6.07) is 5.57. The van der Waals surface area contributed by atoms with Gasteiger partial charge in [-0.05, 0) is 18.6 Å². The molecule has 0 amide bonds. The van der Waals surface area contributed by atoms with E-state index in [0.717, 1.165) is 0 Å². The van der Waals surface area contributed by atoms with Crippen LogP contribution in [0.4, 0.5) is 10.1 Å². The molecule has 0 spiro atoms. The van der Waals surface area contributed by atoms with E-state index >= 15 is 0 Å². The molecular weight excluding hydrogens is 201 g/mol. The number of hydrogen-bond donors (Lipinski definition) is 0. The average molecular weight is 213 g/mol. The molecule has 82 valence electrons. The van der Waals surface area contributed by atoms with Crippen molar-refractivity contribution in [2.24, 2.45) is 0 Å². The zero-order valence-electron chi connectivity index (χ0n) is 8.35. The van der Waals surface area contributed by atoms with Crippen LogP contribution in [0.3, 0.4) is 0 Å². The van der Waals surface area contributed by atoms with E-state index in [4.69, 9.17) is 4.74 Å². The van der Waals surface area contributed by atoms with Crippen molar-refractivity contribution >= 4 is 5.69 Å². The molecule has 0 saturated heterocycles. The molecule has 0 aliphatic heterocycles. The molecule has 15 heavy (non-hydrogen) atoms. The zero-order valence-corrected chi connectivity index (χ0v) is 8.35. The molecule has 0 unspecified atom stereocenters. The number of non-ortho nitro benzene ring substituents is 1. The van der Waals surface area contributed by atoms with Crippen LogP contribution in [0.1, 0.15) is 13.3 Å². The Hall–Kier alpha value is -1.65. The van der Waals surface area contributed by atoms with E-state index in [1.54, 1.807) is 6.92 Å². The van der Waals surface area contributed by atoms with Crippen LogP contribution in [-0.2, 0) is 0 Å². The minimum absolute atomic E-state index is 0.00496. The van der Waals surface area contributed by atoms with E-state index in [2.05, 4.69) is 0 Å². The summed E-state index contributed by atoms with van der Waals surface area (Å²) in [4.78, 5) is 9.84. The van der Waals surface area contributed by atoms with Gasteiger partial charge in [0.2, 0.25) is 0 Å². The molecule has 1 atom stereocenters. The second kappa shape index (κ2) is 5.29. The van der Waals surface area contributed by atoms with E-state index in [9.17, 15) is 14.5 Å². The Bertz CT molecular complexity index is 326. The van der Waals surface area contributed by atoms with Gasteiger partial charge in [-0.25, -0.2) is 4.39 Å². The van der Waals surface area contributed by atoms with Gasteiger partial charge in [0.25, 0.3) is 5.69 Å². The van der Waals surface area contributed by atoms with Crippen molar-refractivity contribution in [3.63, 3.8) is 0 Å². The molecule has 0 heterocycles. The van der Waals surface area contributed by atoms with Crippen LogP contribution in [0, 0.1) is 10.1 Å². The molecule has 1 aromatic carbocycles. The van der Waals surface area contributed by atoms with Gasteiger partial charge in [-0.3, -0.25) is 10.1 Å². The Morgan fingerprint density at radius 2 is 2.07 bits per heavy atom. The minimum Gasteiger partial charge on any atom is -0.491 e. The minimum atomic E-state index is -1.000. The number of alkyl halides is 1. The van der Waals surface area contributed by atoms with Gasteiger partial charge in [-0.1, -0.05) is 6.92 Å². The number of hydrogen-bond acceptors (Lipinski definition) is 3. The molecule has 5 heteroatoms. The first-order chi connectivity index (χ1) is 7.13. The molecule has 1 rings (SSSR count). The van der Waals surface area contributed by atoms with Crippen LogP contribution < -0.4 is 4.74 Å². The van der Waals surface area contributed by atoms with E-state index in [1.807, 2.05) is 0 Å². The maximum Gasteiger partial charge on any atom is 0.269 e. The maximum atomic E-state index is 12.8. The predicted molar refractivity (Wildman–Crippen MR) is 53.8 cm³/mol. The van der Waals surface area contributed by atoms with Crippen LogP contribution in [0.15, 0.2) is 24.3 Å². The van der Waals surface area contributed by atoms with Gasteiger partial charge in [-0.2, -0.15) is 0 Å². The first kappa shape index (κ1) is 11.4. The highest BCUT2D eigenvalue weighted by Gasteiger charge is 2.06. The lowest BCUT2D eigenvalue weighted by molar-refractivity contribution is -0.384. The van der Waals surface area contributed by atoms with Crippen LogP contribution in [0.25, 0.3) is 0 Å². The Kier molecular flexibility index (Phi) is 4.03. The first-order valence-electron chi connectivity index (χ1n) is 4.64. The molecule has 0 bridgehead atoms. The predicted octanol–water partition coefficient (Wildman–Crippen LogP) is 2.72. The largest absolute Gasteiger partial charge is 0.491 e. The smallest absolute Gasteiger partial charge is 0.269 e. The second-order valence-corrected chi connectivity index (χ2v) is 3.07. The summed E-state index contributed by atoms with van der Waals surface area (Å²) >= 11 is 0. The zero-order chi connectivity index (χ0) is 11.3. The second-order valence-electron chi connectivity index (χ2n) is 3.07. The lowest BCUT2D eigenvalue weighted by Gasteiger charge is -2.07. The van der Waals surface area contributed by atoms with Gasteiger partial charge in [0.05, 0.1) is 4.92 Å². The molecule has 1 aromatic rings. The third kappa shape index (κ3) is 3.53. The Morgan fingerprint density at radius 1 is 1.47 bits per heavy atom. The third-order valence-electron chi connectivity index (χ3n) is 1.92. The fraction of sp³-hybridized carbons (Fsp3) is 0.400. The summed E-state index contributed by atoms with van der Waals surface area (Å²) in [5.41, 5.74) is -0.00496. The number of nitrogens with zero attached hydrogens (tertiary/aromatic N) is 1. The normalized spacial score (nSPS) is 12.1. The average Bonchev–Trinajstić information content (AvgIpc) is 2.26. The lowest BCUT2D eigenvalue weighted by atomic mass is 10.3. The standard InChI is InChI=1S/C10H12FNO3/c1-2-8(11)7-15-10-5-3-9(4-6-10)12(13)14/h3-6,8H,2,7H2,1H3/t8-/m0/s1. The summed E-state index contributed by atoms with van der Waals surface area (Å²) in [5, 5.41) is 10.3. The van der Waals surface area contributed by atoms with E-state index < -0.39 is 11.1 Å². The number of halogens is 1. The molecule has 4 nitrogen and oxygen atoms in total. The third-order valence-corrected chi connectivity index (χ3v) is 1.92. The number of nitro benzene ring substituents is 1. The lowest BCUT2D eigenvalue weighted by Crippen LogP contribution is -2.11. The molecule has 0 aromatic heterocycles. The summed E-state index contributed by atoms with van der Waals surface area (Å²) in [5.74, 6) is 0.441. The van der Waals surface area contributed by atoms with E-state index in [-0.39, 0.29) is 12.3 Å². The van der Waals surface area contributed by atoms with Crippen molar-refractivity contribution in [2.45, 2.75) is 19.5 Å². The van der Waals surface area contributed by atoms with Gasteiger partial charge < -0.3 is 4.74 Å². The van der Waals surface area contributed by atoms with Crippen LogP contribution in [-0.4, -0.2) is 17.7 Å². The molecule has 0 aliphatic carbocycles. The van der Waals surface area contributed by atoms with Crippen molar-refractivity contribution in [2.75, 3.05) is 6.61 Å². The summed E-state index contributed by atoms with van der Waals surface area (Å²) in [6.07, 6.45) is -0.604. The van der Waals surface area contributed by atoms with E-state index in [1.165, 1.54) is 24.3 Å². The fourth-order valence-corrected chi connectivity index (χ4v) is 0.969. The maximum absolute atomic E-state index is 12.8.